The summed E-state index contributed by atoms with van der Waals surface area (Å²) in [6.07, 6.45) is 4.18. The summed E-state index contributed by atoms with van der Waals surface area (Å²) in [4.78, 5) is 22.0. The lowest BCUT2D eigenvalue weighted by molar-refractivity contribution is -0.402. The molecule has 8 nitrogen and oxygen atoms in total. The molecular weight excluding hydrogens is 338 g/mol. The second-order valence-corrected chi connectivity index (χ2v) is 5.23. The molecular formula is C18H13N3O5. The van der Waals surface area contributed by atoms with Crippen LogP contribution >= 0.6 is 0 Å². The first kappa shape index (κ1) is 16.9. The topological polar surface area (TPSA) is 118 Å². The summed E-state index contributed by atoms with van der Waals surface area (Å²) in [6.45, 7) is 0. The van der Waals surface area contributed by atoms with Gasteiger partial charge in [-0.3, -0.25) is 14.9 Å². The number of amides is 1. The van der Waals surface area contributed by atoms with E-state index in [0.29, 0.717) is 0 Å². The maximum Gasteiger partial charge on any atom is 0.433 e. The van der Waals surface area contributed by atoms with Gasteiger partial charge in [0.2, 0.25) is 0 Å². The van der Waals surface area contributed by atoms with Gasteiger partial charge >= 0.3 is 5.88 Å². The Kier molecular flexibility index (Phi) is 4.75. The first-order valence-electron chi connectivity index (χ1n) is 7.50. The number of hydrazone groups is 1. The van der Waals surface area contributed by atoms with Crippen LogP contribution in [0.3, 0.4) is 0 Å². The molecule has 0 atom stereocenters. The van der Waals surface area contributed by atoms with Crippen molar-refractivity contribution >= 4 is 34.9 Å². The summed E-state index contributed by atoms with van der Waals surface area (Å²) in [6, 6.07) is 13.1. The highest BCUT2D eigenvalue weighted by molar-refractivity contribution is 6.01. The molecule has 0 aliphatic carbocycles. The second kappa shape index (κ2) is 7.31. The maximum absolute atomic E-state index is 12.1. The maximum atomic E-state index is 12.1. The number of hydrogen-bond donors (Lipinski definition) is 2. The molecule has 1 aromatic heterocycles. The molecule has 26 heavy (non-hydrogen) atoms. The molecule has 0 bridgehead atoms. The number of nitrogens with one attached hydrogen (secondary N) is 1. The number of carbonyl (C=O) groups is 1. The molecule has 3 aromatic rings. The largest absolute Gasteiger partial charge is 0.507 e. The van der Waals surface area contributed by atoms with Crippen LogP contribution in [0.15, 0.2) is 64.1 Å². The summed E-state index contributed by atoms with van der Waals surface area (Å²) in [5, 5.41) is 25.9. The molecule has 1 heterocycles. The van der Waals surface area contributed by atoms with Crippen molar-refractivity contribution in [1.29, 1.82) is 0 Å². The van der Waals surface area contributed by atoms with E-state index in [1.165, 1.54) is 36.6 Å². The average Bonchev–Trinajstić information content (AvgIpc) is 3.10. The molecule has 1 amide bonds. The minimum absolute atomic E-state index is 0.103. The number of benzene rings is 2. The molecule has 0 saturated carbocycles. The van der Waals surface area contributed by atoms with Gasteiger partial charge in [-0.1, -0.05) is 24.3 Å². The van der Waals surface area contributed by atoms with Crippen molar-refractivity contribution in [2.75, 3.05) is 0 Å². The van der Waals surface area contributed by atoms with E-state index < -0.39 is 10.8 Å². The molecule has 0 fully saturated rings. The van der Waals surface area contributed by atoms with Gasteiger partial charge in [-0.25, -0.2) is 5.43 Å². The lowest BCUT2D eigenvalue weighted by atomic mass is 10.1. The number of hydrogen-bond acceptors (Lipinski definition) is 6. The van der Waals surface area contributed by atoms with Crippen LogP contribution in [0.1, 0.15) is 16.1 Å². The molecule has 2 aromatic carbocycles. The summed E-state index contributed by atoms with van der Waals surface area (Å²) in [5.74, 6) is -0.787. The van der Waals surface area contributed by atoms with E-state index in [1.807, 2.05) is 24.3 Å². The molecule has 8 heteroatoms. The molecule has 0 aliphatic heterocycles. The number of allylic oxidation sites excluding steroid dienone is 1. The summed E-state index contributed by atoms with van der Waals surface area (Å²) in [7, 11) is 0. The molecule has 3 rings (SSSR count). The molecule has 2 N–H and O–H groups in total. The SMILES string of the molecule is O=C(N/N=C/C=C/c1ccc([N+](=O)[O-])o1)c1cc2ccccc2cc1O. The Morgan fingerprint density at radius 2 is 1.92 bits per heavy atom. The van der Waals surface area contributed by atoms with E-state index in [9.17, 15) is 20.0 Å². The van der Waals surface area contributed by atoms with Crippen molar-refractivity contribution in [3.05, 3.63) is 76.0 Å². The highest BCUT2D eigenvalue weighted by atomic mass is 16.6. The summed E-state index contributed by atoms with van der Waals surface area (Å²) in [5.41, 5.74) is 2.40. The van der Waals surface area contributed by atoms with E-state index in [0.717, 1.165) is 10.8 Å². The third-order valence-corrected chi connectivity index (χ3v) is 3.49. The lowest BCUT2D eigenvalue weighted by Gasteiger charge is -2.05. The molecule has 130 valence electrons. The Morgan fingerprint density at radius 3 is 2.62 bits per heavy atom. The van der Waals surface area contributed by atoms with E-state index in [4.69, 9.17) is 4.42 Å². The number of carbonyl (C=O) groups excluding carboxylic acids is 1. The summed E-state index contributed by atoms with van der Waals surface area (Å²) < 4.78 is 4.93. The zero-order chi connectivity index (χ0) is 18.5. The van der Waals surface area contributed by atoms with E-state index >= 15 is 0 Å². The van der Waals surface area contributed by atoms with Crippen LogP contribution in [0, 0.1) is 10.1 Å². The predicted molar refractivity (Wildman–Crippen MR) is 96.0 cm³/mol. The smallest absolute Gasteiger partial charge is 0.433 e. The standard InChI is InChI=1S/C18H13N3O5/c22-16-11-13-5-2-1-4-12(13)10-15(16)18(23)20-19-9-3-6-14-7-8-17(26-14)21(24)25/h1-11,22H,(H,20,23)/b6-3+,19-9+. The second-order valence-electron chi connectivity index (χ2n) is 5.23. The number of nitrogens with zero attached hydrogens (tertiary/aromatic N) is 2. The fourth-order valence-corrected chi connectivity index (χ4v) is 2.28. The van der Waals surface area contributed by atoms with Crippen LogP contribution in [0.5, 0.6) is 5.75 Å². The summed E-state index contributed by atoms with van der Waals surface area (Å²) >= 11 is 0. The number of nitro groups is 1. The van der Waals surface area contributed by atoms with Crippen molar-refractivity contribution in [2.24, 2.45) is 5.10 Å². The van der Waals surface area contributed by atoms with Gasteiger partial charge in [0.05, 0.1) is 11.6 Å². The number of fused-ring (bicyclic) bond motifs is 1. The number of aromatic hydroxyl groups is 1. The Hall–Kier alpha value is -3.94. The Labute approximate surface area is 147 Å². The number of rotatable bonds is 5. The van der Waals surface area contributed by atoms with E-state index in [1.54, 1.807) is 6.07 Å². The van der Waals surface area contributed by atoms with Crippen molar-refractivity contribution in [1.82, 2.24) is 5.43 Å². The van der Waals surface area contributed by atoms with Gasteiger partial charge in [-0.2, -0.15) is 5.10 Å². The van der Waals surface area contributed by atoms with Crippen LogP contribution in [-0.2, 0) is 0 Å². The van der Waals surface area contributed by atoms with Crippen LogP contribution in [0.25, 0.3) is 16.8 Å². The molecule has 0 radical (unpaired) electrons. The lowest BCUT2D eigenvalue weighted by Crippen LogP contribution is -2.17. The fraction of sp³-hybridized carbons (Fsp3) is 0. The minimum Gasteiger partial charge on any atom is -0.507 e. The first-order chi connectivity index (χ1) is 12.5. The zero-order valence-electron chi connectivity index (χ0n) is 13.3. The number of furan rings is 1. The monoisotopic (exact) mass is 351 g/mol. The van der Waals surface area contributed by atoms with Crippen LogP contribution < -0.4 is 5.43 Å². The van der Waals surface area contributed by atoms with Crippen LogP contribution in [0.4, 0.5) is 5.88 Å². The average molecular weight is 351 g/mol. The first-order valence-corrected chi connectivity index (χ1v) is 7.50. The van der Waals surface area contributed by atoms with E-state index in [-0.39, 0.29) is 23.0 Å². The van der Waals surface area contributed by atoms with Crippen molar-refractivity contribution in [3.63, 3.8) is 0 Å². The molecule has 0 aliphatic rings. The number of phenolic OH excluding ortho intramolecular Hbond substituents is 1. The zero-order valence-corrected chi connectivity index (χ0v) is 13.3. The van der Waals surface area contributed by atoms with Crippen LogP contribution in [-0.4, -0.2) is 22.2 Å². The Bertz CT molecular complexity index is 1040. The van der Waals surface area contributed by atoms with Gasteiger partial charge in [0.25, 0.3) is 5.91 Å². The van der Waals surface area contributed by atoms with Gasteiger partial charge in [0, 0.05) is 6.21 Å². The normalized spacial score (nSPS) is 11.4. The number of phenols is 1. The quantitative estimate of drug-likeness (QED) is 0.414. The molecule has 0 saturated heterocycles. The van der Waals surface area contributed by atoms with Crippen molar-refractivity contribution < 1.29 is 19.2 Å². The van der Waals surface area contributed by atoms with Crippen molar-refractivity contribution in [3.8, 4) is 5.75 Å². The van der Waals surface area contributed by atoms with Gasteiger partial charge < -0.3 is 9.52 Å². The molecule has 0 spiro atoms. The third kappa shape index (κ3) is 3.75. The van der Waals surface area contributed by atoms with E-state index in [2.05, 4.69) is 10.5 Å². The highest BCUT2D eigenvalue weighted by Gasteiger charge is 2.12. The van der Waals surface area contributed by atoms with Crippen molar-refractivity contribution in [2.45, 2.75) is 0 Å². The fourth-order valence-electron chi connectivity index (χ4n) is 2.28. The third-order valence-electron chi connectivity index (χ3n) is 3.49. The van der Waals surface area contributed by atoms with Gasteiger partial charge in [-0.15, -0.1) is 0 Å². The Morgan fingerprint density at radius 1 is 1.19 bits per heavy atom. The van der Waals surface area contributed by atoms with Gasteiger partial charge in [0.1, 0.15) is 16.4 Å². The molecule has 0 unspecified atom stereocenters. The minimum atomic E-state index is -0.637. The highest BCUT2D eigenvalue weighted by Crippen LogP contribution is 2.24. The van der Waals surface area contributed by atoms with Crippen LogP contribution in [0.2, 0.25) is 0 Å². The Balaban J connectivity index is 1.64. The van der Waals surface area contributed by atoms with Gasteiger partial charge in [-0.05, 0) is 41.1 Å². The van der Waals surface area contributed by atoms with Gasteiger partial charge in [0.15, 0.2) is 0 Å². The predicted octanol–water partition coefficient (Wildman–Crippen LogP) is 3.48.